The van der Waals surface area contributed by atoms with Gasteiger partial charge in [-0.2, -0.15) is 0 Å². The number of anilines is 1. The predicted octanol–water partition coefficient (Wildman–Crippen LogP) is 2.62. The Labute approximate surface area is 110 Å². The van der Waals surface area contributed by atoms with Gasteiger partial charge in [-0.3, -0.25) is 4.98 Å². The first-order valence-electron chi connectivity index (χ1n) is 5.71. The van der Waals surface area contributed by atoms with Crippen molar-refractivity contribution in [3.8, 4) is 0 Å². The second kappa shape index (κ2) is 5.95. The molecule has 0 aliphatic rings. The maximum absolute atomic E-state index is 12.8. The van der Waals surface area contributed by atoms with Gasteiger partial charge in [0.05, 0.1) is 24.6 Å². The number of esters is 1. The molecule has 0 atom stereocenters. The van der Waals surface area contributed by atoms with Crippen molar-refractivity contribution in [1.29, 1.82) is 0 Å². The SMILES string of the molecule is COC(=O)c1ccncc1NCc1ccc(F)cc1. The lowest BCUT2D eigenvalue weighted by Gasteiger charge is -2.10. The number of ether oxygens (including phenoxy) is 1. The van der Waals surface area contributed by atoms with Crippen molar-refractivity contribution in [1.82, 2.24) is 4.98 Å². The van der Waals surface area contributed by atoms with Crippen molar-refractivity contribution in [3.05, 3.63) is 59.7 Å². The Morgan fingerprint density at radius 1 is 1.32 bits per heavy atom. The van der Waals surface area contributed by atoms with Gasteiger partial charge in [0.15, 0.2) is 0 Å². The topological polar surface area (TPSA) is 51.2 Å². The number of hydrogen-bond donors (Lipinski definition) is 1. The zero-order chi connectivity index (χ0) is 13.7. The van der Waals surface area contributed by atoms with Crippen LogP contribution >= 0.6 is 0 Å². The lowest BCUT2D eigenvalue weighted by atomic mass is 10.2. The van der Waals surface area contributed by atoms with Crippen LogP contribution in [-0.4, -0.2) is 18.1 Å². The largest absolute Gasteiger partial charge is 0.465 e. The molecule has 1 heterocycles. The van der Waals surface area contributed by atoms with E-state index in [1.54, 1.807) is 24.4 Å². The number of methoxy groups -OCH3 is 1. The molecule has 2 rings (SSSR count). The molecule has 0 spiro atoms. The maximum atomic E-state index is 12.8. The number of nitrogens with zero attached hydrogens (tertiary/aromatic N) is 1. The van der Waals surface area contributed by atoms with E-state index in [1.165, 1.54) is 25.4 Å². The summed E-state index contributed by atoms with van der Waals surface area (Å²) in [6, 6.07) is 7.72. The third-order valence-corrected chi connectivity index (χ3v) is 2.62. The minimum atomic E-state index is -0.427. The number of carbonyl (C=O) groups excluding carboxylic acids is 1. The van der Waals surface area contributed by atoms with Crippen LogP contribution < -0.4 is 5.32 Å². The quantitative estimate of drug-likeness (QED) is 0.858. The summed E-state index contributed by atoms with van der Waals surface area (Å²) in [5.74, 6) is -0.704. The molecule has 1 aromatic carbocycles. The monoisotopic (exact) mass is 260 g/mol. The van der Waals surface area contributed by atoms with E-state index in [1.807, 2.05) is 0 Å². The summed E-state index contributed by atoms with van der Waals surface area (Å²) in [5, 5.41) is 3.08. The first kappa shape index (κ1) is 13.0. The van der Waals surface area contributed by atoms with Gasteiger partial charge in [0, 0.05) is 12.7 Å². The van der Waals surface area contributed by atoms with Crippen LogP contribution in [0.4, 0.5) is 10.1 Å². The van der Waals surface area contributed by atoms with E-state index in [0.29, 0.717) is 17.8 Å². The normalized spacial score (nSPS) is 10.0. The molecule has 4 nitrogen and oxygen atoms in total. The van der Waals surface area contributed by atoms with Crippen LogP contribution in [0.1, 0.15) is 15.9 Å². The van der Waals surface area contributed by atoms with Crippen LogP contribution in [0.15, 0.2) is 42.7 Å². The number of pyridine rings is 1. The smallest absolute Gasteiger partial charge is 0.340 e. The molecular weight excluding hydrogens is 247 g/mol. The van der Waals surface area contributed by atoms with Crippen molar-refractivity contribution < 1.29 is 13.9 Å². The van der Waals surface area contributed by atoms with Gasteiger partial charge in [-0.1, -0.05) is 12.1 Å². The summed E-state index contributed by atoms with van der Waals surface area (Å²) in [6.07, 6.45) is 3.07. The van der Waals surface area contributed by atoms with Gasteiger partial charge >= 0.3 is 5.97 Å². The number of halogens is 1. The number of carbonyl (C=O) groups is 1. The molecule has 0 amide bonds. The molecule has 0 saturated heterocycles. The van der Waals surface area contributed by atoms with Crippen molar-refractivity contribution >= 4 is 11.7 Å². The molecule has 0 aliphatic carbocycles. The summed E-state index contributed by atoms with van der Waals surface area (Å²) in [5.41, 5.74) is 1.90. The first-order chi connectivity index (χ1) is 9.20. The number of hydrogen-bond acceptors (Lipinski definition) is 4. The second-order valence-corrected chi connectivity index (χ2v) is 3.89. The Balaban J connectivity index is 2.11. The maximum Gasteiger partial charge on any atom is 0.340 e. The number of nitrogens with one attached hydrogen (secondary N) is 1. The molecule has 5 heteroatoms. The average Bonchev–Trinajstić information content (AvgIpc) is 2.46. The van der Waals surface area contributed by atoms with Crippen molar-refractivity contribution in [2.45, 2.75) is 6.54 Å². The van der Waals surface area contributed by atoms with Gasteiger partial charge in [0.2, 0.25) is 0 Å². The van der Waals surface area contributed by atoms with E-state index in [9.17, 15) is 9.18 Å². The molecule has 2 aromatic rings. The van der Waals surface area contributed by atoms with Gasteiger partial charge in [-0.05, 0) is 23.8 Å². The van der Waals surface area contributed by atoms with E-state index < -0.39 is 5.97 Å². The Kier molecular flexibility index (Phi) is 4.07. The fraction of sp³-hybridized carbons (Fsp3) is 0.143. The Morgan fingerprint density at radius 2 is 2.05 bits per heavy atom. The predicted molar refractivity (Wildman–Crippen MR) is 69.3 cm³/mol. The molecule has 0 radical (unpaired) electrons. The minimum Gasteiger partial charge on any atom is -0.465 e. The number of aromatic nitrogens is 1. The summed E-state index contributed by atoms with van der Waals surface area (Å²) in [7, 11) is 1.33. The molecule has 0 aliphatic heterocycles. The highest BCUT2D eigenvalue weighted by Gasteiger charge is 2.10. The molecule has 0 fully saturated rings. The van der Waals surface area contributed by atoms with Crippen molar-refractivity contribution in [2.75, 3.05) is 12.4 Å². The third-order valence-electron chi connectivity index (χ3n) is 2.62. The summed E-state index contributed by atoms with van der Waals surface area (Å²) >= 11 is 0. The zero-order valence-electron chi connectivity index (χ0n) is 10.4. The van der Waals surface area contributed by atoms with E-state index >= 15 is 0 Å². The van der Waals surface area contributed by atoms with Gasteiger partial charge in [-0.15, -0.1) is 0 Å². The summed E-state index contributed by atoms with van der Waals surface area (Å²) in [4.78, 5) is 15.5. The Morgan fingerprint density at radius 3 is 2.74 bits per heavy atom. The average molecular weight is 260 g/mol. The van der Waals surface area contributed by atoms with E-state index in [0.717, 1.165) is 5.56 Å². The van der Waals surface area contributed by atoms with E-state index in [-0.39, 0.29) is 5.82 Å². The van der Waals surface area contributed by atoms with Crippen molar-refractivity contribution in [2.24, 2.45) is 0 Å². The Bertz CT molecular complexity index is 570. The van der Waals surface area contributed by atoms with Gasteiger partial charge in [0.25, 0.3) is 0 Å². The lowest BCUT2D eigenvalue weighted by molar-refractivity contribution is 0.0601. The van der Waals surface area contributed by atoms with Gasteiger partial charge in [0.1, 0.15) is 5.82 Å². The van der Waals surface area contributed by atoms with Crippen LogP contribution in [0, 0.1) is 5.82 Å². The highest BCUT2D eigenvalue weighted by molar-refractivity contribution is 5.95. The molecule has 19 heavy (non-hydrogen) atoms. The fourth-order valence-electron chi connectivity index (χ4n) is 1.62. The lowest BCUT2D eigenvalue weighted by Crippen LogP contribution is -2.08. The molecule has 0 saturated carbocycles. The molecule has 0 bridgehead atoms. The summed E-state index contributed by atoms with van der Waals surface area (Å²) in [6.45, 7) is 0.468. The minimum absolute atomic E-state index is 0.277. The van der Waals surface area contributed by atoms with Gasteiger partial charge < -0.3 is 10.1 Å². The highest BCUT2D eigenvalue weighted by Crippen LogP contribution is 2.15. The highest BCUT2D eigenvalue weighted by atomic mass is 19.1. The standard InChI is InChI=1S/C14H13FN2O2/c1-19-14(18)12-6-7-16-9-13(12)17-8-10-2-4-11(15)5-3-10/h2-7,9,17H,8H2,1H3. The van der Waals surface area contributed by atoms with Gasteiger partial charge in [-0.25, -0.2) is 9.18 Å². The molecule has 98 valence electrons. The zero-order valence-corrected chi connectivity index (χ0v) is 10.4. The van der Waals surface area contributed by atoms with E-state index in [4.69, 9.17) is 0 Å². The summed E-state index contributed by atoms with van der Waals surface area (Å²) < 4.78 is 17.5. The van der Waals surface area contributed by atoms with Crippen LogP contribution in [0.5, 0.6) is 0 Å². The van der Waals surface area contributed by atoms with Crippen LogP contribution in [-0.2, 0) is 11.3 Å². The van der Waals surface area contributed by atoms with Crippen LogP contribution in [0.25, 0.3) is 0 Å². The molecule has 1 N–H and O–H groups in total. The molecular formula is C14H13FN2O2. The first-order valence-corrected chi connectivity index (χ1v) is 5.71. The van der Waals surface area contributed by atoms with Crippen LogP contribution in [0.3, 0.4) is 0 Å². The second-order valence-electron chi connectivity index (χ2n) is 3.89. The fourth-order valence-corrected chi connectivity index (χ4v) is 1.62. The molecule has 0 unspecified atom stereocenters. The third kappa shape index (κ3) is 3.28. The van der Waals surface area contributed by atoms with E-state index in [2.05, 4.69) is 15.0 Å². The van der Waals surface area contributed by atoms with Crippen molar-refractivity contribution in [3.63, 3.8) is 0 Å². The van der Waals surface area contributed by atoms with Crippen LogP contribution in [0.2, 0.25) is 0 Å². The number of rotatable bonds is 4. The Hall–Kier alpha value is -2.43. The molecule has 1 aromatic heterocycles. The number of benzene rings is 1.